The van der Waals surface area contributed by atoms with Crippen molar-refractivity contribution in [1.82, 2.24) is 4.72 Å². The summed E-state index contributed by atoms with van der Waals surface area (Å²) in [7, 11) is -3.49. The fraction of sp³-hybridized carbons (Fsp3) is 0.286. The summed E-state index contributed by atoms with van der Waals surface area (Å²) in [5, 5.41) is 3.85. The van der Waals surface area contributed by atoms with E-state index in [9.17, 15) is 8.42 Å². The highest BCUT2D eigenvalue weighted by Crippen LogP contribution is 2.17. The molecule has 0 saturated carbocycles. The van der Waals surface area contributed by atoms with E-state index in [1.165, 1.54) is 0 Å². The van der Waals surface area contributed by atoms with Gasteiger partial charge in [0.2, 0.25) is 10.0 Å². The van der Waals surface area contributed by atoms with Gasteiger partial charge in [-0.1, -0.05) is 13.0 Å². The molecule has 1 heterocycles. The Morgan fingerprint density at radius 1 is 1.25 bits per heavy atom. The van der Waals surface area contributed by atoms with Crippen LogP contribution < -0.4 is 10.5 Å². The molecule has 0 aliphatic heterocycles. The summed E-state index contributed by atoms with van der Waals surface area (Å²) in [5.41, 5.74) is 8.60. The van der Waals surface area contributed by atoms with Crippen LogP contribution >= 0.6 is 11.3 Å². The van der Waals surface area contributed by atoms with E-state index in [0.29, 0.717) is 13.1 Å². The van der Waals surface area contributed by atoms with Crippen LogP contribution in [0.3, 0.4) is 0 Å². The number of nitrogens with one attached hydrogen (secondary N) is 1. The second-order valence-corrected chi connectivity index (χ2v) is 6.99. The SMILES string of the molecule is CCc1ccc(S(=O)(=O)NCc2ccsc2)cc1CN. The lowest BCUT2D eigenvalue weighted by molar-refractivity contribution is 0.581. The van der Waals surface area contributed by atoms with Crippen LogP contribution in [0.4, 0.5) is 0 Å². The molecule has 0 unspecified atom stereocenters. The molecule has 0 saturated heterocycles. The molecule has 0 spiro atoms. The zero-order valence-electron chi connectivity index (χ0n) is 11.3. The third kappa shape index (κ3) is 3.46. The summed E-state index contributed by atoms with van der Waals surface area (Å²) in [6.07, 6.45) is 0.842. The van der Waals surface area contributed by atoms with Crippen LogP contribution in [0, 0.1) is 0 Å². The molecule has 1 aromatic carbocycles. The van der Waals surface area contributed by atoms with E-state index in [1.807, 2.05) is 29.8 Å². The van der Waals surface area contributed by atoms with Gasteiger partial charge < -0.3 is 5.73 Å². The Balaban J connectivity index is 2.20. The summed E-state index contributed by atoms with van der Waals surface area (Å²) in [4.78, 5) is 0.269. The lowest BCUT2D eigenvalue weighted by Crippen LogP contribution is -2.23. The molecule has 0 bridgehead atoms. The Morgan fingerprint density at radius 3 is 2.65 bits per heavy atom. The summed E-state index contributed by atoms with van der Waals surface area (Å²) in [5.74, 6) is 0. The number of nitrogens with two attached hydrogens (primary N) is 1. The van der Waals surface area contributed by atoms with E-state index in [0.717, 1.165) is 23.1 Å². The van der Waals surface area contributed by atoms with Gasteiger partial charge in [-0.2, -0.15) is 11.3 Å². The Labute approximate surface area is 123 Å². The molecule has 0 aliphatic rings. The number of benzene rings is 1. The first-order chi connectivity index (χ1) is 9.56. The molecule has 3 N–H and O–H groups in total. The van der Waals surface area contributed by atoms with E-state index < -0.39 is 10.0 Å². The first kappa shape index (κ1) is 15.2. The van der Waals surface area contributed by atoms with Gasteiger partial charge in [-0.25, -0.2) is 13.1 Å². The quantitative estimate of drug-likeness (QED) is 0.859. The van der Waals surface area contributed by atoms with Crippen molar-refractivity contribution in [1.29, 1.82) is 0 Å². The van der Waals surface area contributed by atoms with Crippen LogP contribution in [-0.4, -0.2) is 8.42 Å². The van der Waals surface area contributed by atoms with Crippen LogP contribution in [0.15, 0.2) is 39.9 Å². The van der Waals surface area contributed by atoms with Crippen molar-refractivity contribution < 1.29 is 8.42 Å². The van der Waals surface area contributed by atoms with Crippen LogP contribution in [0.25, 0.3) is 0 Å². The predicted molar refractivity (Wildman–Crippen MR) is 82.1 cm³/mol. The first-order valence-corrected chi connectivity index (χ1v) is 8.82. The largest absolute Gasteiger partial charge is 0.326 e. The third-order valence-corrected chi connectivity index (χ3v) is 5.27. The molecule has 0 radical (unpaired) electrons. The standard InChI is InChI=1S/C14H18N2O2S2/c1-2-12-3-4-14(7-13(12)8-15)20(17,18)16-9-11-5-6-19-10-11/h3-7,10,16H,2,8-9,15H2,1H3. The van der Waals surface area contributed by atoms with Gasteiger partial charge in [0.1, 0.15) is 0 Å². The maximum Gasteiger partial charge on any atom is 0.240 e. The normalized spacial score (nSPS) is 11.7. The van der Waals surface area contributed by atoms with Gasteiger partial charge in [0.05, 0.1) is 4.90 Å². The molecule has 0 aliphatic carbocycles. The van der Waals surface area contributed by atoms with Gasteiger partial charge >= 0.3 is 0 Å². The lowest BCUT2D eigenvalue weighted by atomic mass is 10.1. The Kier molecular flexibility index (Phi) is 4.93. The van der Waals surface area contributed by atoms with Crippen molar-refractivity contribution in [2.45, 2.75) is 31.3 Å². The van der Waals surface area contributed by atoms with Crippen molar-refractivity contribution >= 4 is 21.4 Å². The monoisotopic (exact) mass is 310 g/mol. The van der Waals surface area contributed by atoms with E-state index in [1.54, 1.807) is 23.5 Å². The Morgan fingerprint density at radius 2 is 2.05 bits per heavy atom. The number of rotatable bonds is 6. The minimum Gasteiger partial charge on any atom is -0.326 e. The van der Waals surface area contributed by atoms with E-state index in [4.69, 9.17) is 5.73 Å². The topological polar surface area (TPSA) is 72.2 Å². The van der Waals surface area contributed by atoms with E-state index >= 15 is 0 Å². The smallest absolute Gasteiger partial charge is 0.240 e. The van der Waals surface area contributed by atoms with E-state index in [2.05, 4.69) is 4.72 Å². The zero-order valence-corrected chi connectivity index (χ0v) is 12.9. The molecule has 0 atom stereocenters. The molecule has 0 fully saturated rings. The highest BCUT2D eigenvalue weighted by Gasteiger charge is 2.15. The van der Waals surface area contributed by atoms with Gasteiger partial charge in [-0.3, -0.25) is 0 Å². The van der Waals surface area contributed by atoms with Crippen molar-refractivity contribution in [3.05, 3.63) is 51.7 Å². The molecule has 108 valence electrons. The molecule has 20 heavy (non-hydrogen) atoms. The van der Waals surface area contributed by atoms with Gasteiger partial charge in [0.15, 0.2) is 0 Å². The number of aryl methyl sites for hydroxylation is 1. The van der Waals surface area contributed by atoms with Crippen LogP contribution in [-0.2, 0) is 29.5 Å². The predicted octanol–water partition coefficient (Wildman–Crippen LogP) is 2.25. The number of hydrogen-bond acceptors (Lipinski definition) is 4. The van der Waals surface area contributed by atoms with Crippen molar-refractivity contribution in [3.63, 3.8) is 0 Å². The molecular weight excluding hydrogens is 292 g/mol. The second-order valence-electron chi connectivity index (χ2n) is 4.44. The molecule has 4 nitrogen and oxygen atoms in total. The maximum atomic E-state index is 12.2. The third-order valence-electron chi connectivity index (χ3n) is 3.14. The van der Waals surface area contributed by atoms with Crippen LogP contribution in [0.5, 0.6) is 0 Å². The fourth-order valence-corrected chi connectivity index (χ4v) is 3.70. The minimum atomic E-state index is -3.49. The van der Waals surface area contributed by atoms with Gasteiger partial charge in [0, 0.05) is 13.1 Å². The number of sulfonamides is 1. The molecule has 2 rings (SSSR count). The maximum absolute atomic E-state index is 12.2. The molecular formula is C14H18N2O2S2. The average Bonchev–Trinajstić information content (AvgIpc) is 2.97. The zero-order chi connectivity index (χ0) is 14.6. The van der Waals surface area contributed by atoms with E-state index in [-0.39, 0.29) is 4.90 Å². The number of hydrogen-bond donors (Lipinski definition) is 2. The highest BCUT2D eigenvalue weighted by atomic mass is 32.2. The van der Waals surface area contributed by atoms with Crippen molar-refractivity contribution in [2.75, 3.05) is 0 Å². The van der Waals surface area contributed by atoms with Gasteiger partial charge in [-0.05, 0) is 52.1 Å². The first-order valence-electron chi connectivity index (χ1n) is 6.39. The molecule has 1 aromatic heterocycles. The number of thiophene rings is 1. The summed E-state index contributed by atoms with van der Waals surface area (Å²) >= 11 is 1.55. The van der Waals surface area contributed by atoms with Gasteiger partial charge in [-0.15, -0.1) is 0 Å². The van der Waals surface area contributed by atoms with Crippen molar-refractivity contribution in [2.24, 2.45) is 5.73 Å². The second kappa shape index (κ2) is 6.49. The minimum absolute atomic E-state index is 0.269. The van der Waals surface area contributed by atoms with Gasteiger partial charge in [0.25, 0.3) is 0 Å². The molecule has 0 amide bonds. The summed E-state index contributed by atoms with van der Waals surface area (Å²) in [6.45, 7) is 2.67. The van der Waals surface area contributed by atoms with Crippen LogP contribution in [0.1, 0.15) is 23.6 Å². The Hall–Kier alpha value is -1.21. The Bertz CT molecular complexity index is 664. The van der Waals surface area contributed by atoms with Crippen molar-refractivity contribution in [3.8, 4) is 0 Å². The summed E-state index contributed by atoms with van der Waals surface area (Å²) in [6, 6.07) is 7.03. The highest BCUT2D eigenvalue weighted by molar-refractivity contribution is 7.89. The molecule has 2 aromatic rings. The average molecular weight is 310 g/mol. The fourth-order valence-electron chi connectivity index (χ4n) is 1.96. The summed E-state index contributed by atoms with van der Waals surface area (Å²) < 4.78 is 27.1. The van der Waals surface area contributed by atoms with Crippen LogP contribution in [0.2, 0.25) is 0 Å². The lowest BCUT2D eigenvalue weighted by Gasteiger charge is -2.10. The molecule has 6 heteroatoms.